The minimum atomic E-state index is -0.213. The lowest BCUT2D eigenvalue weighted by molar-refractivity contribution is 0.252. The predicted octanol–water partition coefficient (Wildman–Crippen LogP) is 3.62. The van der Waals surface area contributed by atoms with E-state index in [4.69, 9.17) is 0 Å². The maximum atomic E-state index is 11.9. The second-order valence-corrected chi connectivity index (χ2v) is 5.29. The smallest absolute Gasteiger partial charge is 0.319 e. The van der Waals surface area contributed by atoms with Crippen LogP contribution in [0.5, 0.6) is 0 Å². The van der Waals surface area contributed by atoms with Crippen molar-refractivity contribution in [1.82, 2.24) is 10.3 Å². The molecule has 1 aromatic carbocycles. The van der Waals surface area contributed by atoms with Crippen molar-refractivity contribution in [2.24, 2.45) is 0 Å². The predicted molar refractivity (Wildman–Crippen MR) is 81.9 cm³/mol. The number of thiophene rings is 1. The van der Waals surface area contributed by atoms with Gasteiger partial charge in [0.25, 0.3) is 0 Å². The summed E-state index contributed by atoms with van der Waals surface area (Å²) in [5.74, 6) is 0. The molecule has 2 N–H and O–H groups in total. The highest BCUT2D eigenvalue weighted by atomic mass is 32.1. The second kappa shape index (κ2) is 5.71. The summed E-state index contributed by atoms with van der Waals surface area (Å²) in [6.07, 6.45) is 1.74. The minimum Gasteiger partial charge on any atom is -0.333 e. The summed E-state index contributed by atoms with van der Waals surface area (Å²) in [6, 6.07) is 13.2. The summed E-state index contributed by atoms with van der Waals surface area (Å²) in [4.78, 5) is 17.3. The molecule has 2 heterocycles. The van der Waals surface area contributed by atoms with E-state index in [1.54, 1.807) is 17.5 Å². The molecule has 0 atom stereocenters. The molecule has 0 spiro atoms. The Morgan fingerprint density at radius 3 is 2.95 bits per heavy atom. The Bertz CT molecular complexity index is 720. The Balaban J connectivity index is 1.71. The number of benzene rings is 1. The monoisotopic (exact) mass is 283 g/mol. The number of nitrogens with one attached hydrogen (secondary N) is 2. The van der Waals surface area contributed by atoms with Crippen molar-refractivity contribution in [2.75, 3.05) is 5.32 Å². The Morgan fingerprint density at radius 1 is 1.15 bits per heavy atom. The molecular weight excluding hydrogens is 270 g/mol. The number of carbonyl (C=O) groups excluding carboxylic acids is 1. The zero-order chi connectivity index (χ0) is 13.8. The highest BCUT2D eigenvalue weighted by Gasteiger charge is 2.05. The molecule has 0 aliphatic carbocycles. The largest absolute Gasteiger partial charge is 0.333 e. The zero-order valence-electron chi connectivity index (χ0n) is 10.7. The first-order valence-electron chi connectivity index (χ1n) is 6.24. The number of aromatic nitrogens is 1. The number of amides is 2. The van der Waals surface area contributed by atoms with Gasteiger partial charge in [-0.2, -0.15) is 0 Å². The number of pyridine rings is 1. The molecule has 20 heavy (non-hydrogen) atoms. The van der Waals surface area contributed by atoms with E-state index in [2.05, 4.69) is 15.6 Å². The lowest BCUT2D eigenvalue weighted by Crippen LogP contribution is -2.27. The number of rotatable bonds is 3. The van der Waals surface area contributed by atoms with Gasteiger partial charge in [-0.25, -0.2) is 4.79 Å². The van der Waals surface area contributed by atoms with Gasteiger partial charge in [0.15, 0.2) is 0 Å². The number of fused-ring (bicyclic) bond motifs is 1. The van der Waals surface area contributed by atoms with Gasteiger partial charge < -0.3 is 10.6 Å². The van der Waals surface area contributed by atoms with Crippen molar-refractivity contribution in [3.05, 3.63) is 58.9 Å². The third kappa shape index (κ3) is 2.78. The fourth-order valence-electron chi connectivity index (χ4n) is 1.96. The van der Waals surface area contributed by atoms with E-state index in [1.807, 2.05) is 47.8 Å². The number of hydrogen-bond donors (Lipinski definition) is 2. The van der Waals surface area contributed by atoms with Crippen LogP contribution >= 0.6 is 11.3 Å². The van der Waals surface area contributed by atoms with Gasteiger partial charge in [-0.1, -0.05) is 12.1 Å². The van der Waals surface area contributed by atoms with Crippen LogP contribution in [0.2, 0.25) is 0 Å². The first-order chi connectivity index (χ1) is 9.83. The van der Waals surface area contributed by atoms with Gasteiger partial charge in [-0.15, -0.1) is 11.3 Å². The molecule has 3 aromatic rings. The second-order valence-electron chi connectivity index (χ2n) is 4.26. The van der Waals surface area contributed by atoms with E-state index < -0.39 is 0 Å². The van der Waals surface area contributed by atoms with Crippen LogP contribution < -0.4 is 10.6 Å². The average Bonchev–Trinajstić information content (AvgIpc) is 2.99. The van der Waals surface area contributed by atoms with Gasteiger partial charge in [0, 0.05) is 16.5 Å². The summed E-state index contributed by atoms with van der Waals surface area (Å²) in [7, 11) is 0. The lowest BCUT2D eigenvalue weighted by Gasteiger charge is -2.09. The van der Waals surface area contributed by atoms with Crippen LogP contribution in [0, 0.1) is 0 Å². The van der Waals surface area contributed by atoms with Crippen LogP contribution in [-0.4, -0.2) is 11.0 Å². The van der Waals surface area contributed by atoms with Crippen LogP contribution in [0.3, 0.4) is 0 Å². The number of urea groups is 1. The number of nitrogens with zero attached hydrogens (tertiary/aromatic N) is 1. The molecule has 0 radical (unpaired) electrons. The first-order valence-corrected chi connectivity index (χ1v) is 7.12. The average molecular weight is 283 g/mol. The third-order valence-electron chi connectivity index (χ3n) is 2.90. The van der Waals surface area contributed by atoms with E-state index >= 15 is 0 Å². The molecule has 0 aliphatic heterocycles. The SMILES string of the molecule is O=C(NCc1cccs1)Nc1cccc2ncccc12. The fourth-order valence-corrected chi connectivity index (χ4v) is 2.60. The van der Waals surface area contributed by atoms with Crippen LogP contribution in [0.4, 0.5) is 10.5 Å². The summed E-state index contributed by atoms with van der Waals surface area (Å²) >= 11 is 1.62. The van der Waals surface area contributed by atoms with Crippen LogP contribution in [0.25, 0.3) is 10.9 Å². The number of anilines is 1. The summed E-state index contributed by atoms with van der Waals surface area (Å²) in [5, 5.41) is 8.62. The van der Waals surface area contributed by atoms with E-state index in [0.29, 0.717) is 6.54 Å². The molecule has 0 fully saturated rings. The normalized spacial score (nSPS) is 10.4. The van der Waals surface area contributed by atoms with Crippen molar-refractivity contribution in [1.29, 1.82) is 0 Å². The zero-order valence-corrected chi connectivity index (χ0v) is 11.5. The topological polar surface area (TPSA) is 54.0 Å². The van der Waals surface area contributed by atoms with Gasteiger partial charge in [0.2, 0.25) is 0 Å². The summed E-state index contributed by atoms with van der Waals surface area (Å²) in [6.45, 7) is 0.534. The van der Waals surface area contributed by atoms with Gasteiger partial charge in [0.1, 0.15) is 0 Å². The molecule has 0 saturated carbocycles. The number of hydrogen-bond acceptors (Lipinski definition) is 3. The summed E-state index contributed by atoms with van der Waals surface area (Å²) in [5.41, 5.74) is 1.63. The van der Waals surface area contributed by atoms with Crippen molar-refractivity contribution in [3.63, 3.8) is 0 Å². The Labute approximate surface area is 120 Å². The third-order valence-corrected chi connectivity index (χ3v) is 3.77. The van der Waals surface area contributed by atoms with Crippen LogP contribution in [0.1, 0.15) is 4.88 Å². The first kappa shape index (κ1) is 12.6. The maximum Gasteiger partial charge on any atom is 0.319 e. The molecule has 4 nitrogen and oxygen atoms in total. The van der Waals surface area contributed by atoms with Crippen molar-refractivity contribution >= 4 is 34.0 Å². The van der Waals surface area contributed by atoms with Crippen LogP contribution in [0.15, 0.2) is 54.0 Å². The Morgan fingerprint density at radius 2 is 2.10 bits per heavy atom. The van der Waals surface area contributed by atoms with Gasteiger partial charge >= 0.3 is 6.03 Å². The molecule has 0 aliphatic rings. The fraction of sp³-hybridized carbons (Fsp3) is 0.0667. The molecule has 100 valence electrons. The Kier molecular flexibility index (Phi) is 3.60. The molecule has 0 unspecified atom stereocenters. The molecule has 2 aromatic heterocycles. The van der Waals surface area contributed by atoms with Crippen molar-refractivity contribution in [2.45, 2.75) is 6.54 Å². The standard InChI is InChI=1S/C15H13N3OS/c19-15(17-10-11-4-3-9-20-11)18-14-7-1-6-13-12(14)5-2-8-16-13/h1-9H,10H2,(H2,17,18,19). The summed E-state index contributed by atoms with van der Waals surface area (Å²) < 4.78 is 0. The molecule has 0 saturated heterocycles. The lowest BCUT2D eigenvalue weighted by atomic mass is 10.2. The van der Waals surface area contributed by atoms with Gasteiger partial charge in [-0.05, 0) is 35.7 Å². The van der Waals surface area contributed by atoms with E-state index in [1.165, 1.54) is 0 Å². The maximum absolute atomic E-state index is 11.9. The highest BCUT2D eigenvalue weighted by molar-refractivity contribution is 7.09. The highest BCUT2D eigenvalue weighted by Crippen LogP contribution is 2.21. The quantitative estimate of drug-likeness (QED) is 0.771. The van der Waals surface area contributed by atoms with E-state index in [-0.39, 0.29) is 6.03 Å². The Hall–Kier alpha value is -2.40. The molecule has 0 bridgehead atoms. The van der Waals surface area contributed by atoms with Gasteiger partial charge in [0.05, 0.1) is 17.7 Å². The molecular formula is C15H13N3OS. The van der Waals surface area contributed by atoms with Crippen molar-refractivity contribution < 1.29 is 4.79 Å². The van der Waals surface area contributed by atoms with E-state index in [0.717, 1.165) is 21.5 Å². The molecule has 5 heteroatoms. The van der Waals surface area contributed by atoms with E-state index in [9.17, 15) is 4.79 Å². The number of carbonyl (C=O) groups is 1. The molecule has 2 amide bonds. The molecule has 3 rings (SSSR count). The van der Waals surface area contributed by atoms with Crippen molar-refractivity contribution in [3.8, 4) is 0 Å². The van der Waals surface area contributed by atoms with Gasteiger partial charge in [-0.3, -0.25) is 4.98 Å². The minimum absolute atomic E-state index is 0.213. The van der Waals surface area contributed by atoms with Crippen LogP contribution in [-0.2, 0) is 6.54 Å².